The van der Waals surface area contributed by atoms with Crippen molar-refractivity contribution in [1.29, 1.82) is 0 Å². The number of carbonyl (C=O) groups excluding carboxylic acids is 1. The highest BCUT2D eigenvalue weighted by Gasteiger charge is 2.16. The van der Waals surface area contributed by atoms with Crippen LogP contribution in [-0.4, -0.2) is 24.8 Å². The van der Waals surface area contributed by atoms with Crippen molar-refractivity contribution < 1.29 is 4.79 Å². The fourth-order valence-corrected chi connectivity index (χ4v) is 3.10. The SMILES string of the molecule is Cc1ccc(-c2nc3ccc(C)cn3c2CNC(=O)c2cn(C)cn2)cc1. The number of nitrogens with one attached hydrogen (secondary N) is 1. The third-order valence-electron chi connectivity index (χ3n) is 4.54. The standard InChI is InChI=1S/C21H21N5O/c1-14-4-7-16(8-5-14)20-18(26-11-15(2)6-9-19(26)24-20)10-22-21(27)17-12-25(3)13-23-17/h4-9,11-13H,10H2,1-3H3,(H,22,27). The quantitative estimate of drug-likeness (QED) is 0.608. The van der Waals surface area contributed by atoms with Gasteiger partial charge in [0.05, 0.1) is 24.3 Å². The first-order valence-electron chi connectivity index (χ1n) is 8.82. The minimum absolute atomic E-state index is 0.201. The summed E-state index contributed by atoms with van der Waals surface area (Å²) in [5, 5.41) is 2.97. The normalized spacial score (nSPS) is 11.1. The number of aromatic nitrogens is 4. The molecule has 0 radical (unpaired) electrons. The first-order valence-corrected chi connectivity index (χ1v) is 8.82. The Morgan fingerprint density at radius 1 is 1.04 bits per heavy atom. The van der Waals surface area contributed by atoms with Crippen molar-refractivity contribution in [2.45, 2.75) is 20.4 Å². The van der Waals surface area contributed by atoms with Crippen LogP contribution in [0.3, 0.4) is 0 Å². The molecule has 3 heterocycles. The van der Waals surface area contributed by atoms with Crippen LogP contribution in [0.2, 0.25) is 0 Å². The van der Waals surface area contributed by atoms with Crippen molar-refractivity contribution in [2.75, 3.05) is 0 Å². The van der Waals surface area contributed by atoms with E-state index >= 15 is 0 Å². The average molecular weight is 359 g/mol. The molecule has 0 saturated heterocycles. The molecule has 4 aromatic rings. The Morgan fingerprint density at radius 2 is 1.78 bits per heavy atom. The van der Waals surface area contributed by atoms with Crippen LogP contribution in [0.15, 0.2) is 55.1 Å². The van der Waals surface area contributed by atoms with Gasteiger partial charge in [-0.3, -0.25) is 4.79 Å². The summed E-state index contributed by atoms with van der Waals surface area (Å²) in [7, 11) is 1.84. The summed E-state index contributed by atoms with van der Waals surface area (Å²) in [6, 6.07) is 12.3. The molecule has 0 saturated carbocycles. The van der Waals surface area contributed by atoms with Crippen molar-refractivity contribution in [1.82, 2.24) is 24.3 Å². The molecule has 0 bridgehead atoms. The molecule has 0 unspecified atom stereocenters. The van der Waals surface area contributed by atoms with Crippen LogP contribution >= 0.6 is 0 Å². The number of rotatable bonds is 4. The molecule has 1 N–H and O–H groups in total. The van der Waals surface area contributed by atoms with Crippen LogP contribution in [0, 0.1) is 13.8 Å². The molecule has 3 aromatic heterocycles. The van der Waals surface area contributed by atoms with E-state index in [-0.39, 0.29) is 5.91 Å². The number of amides is 1. The summed E-state index contributed by atoms with van der Waals surface area (Å²) in [4.78, 5) is 21.3. The lowest BCUT2D eigenvalue weighted by atomic mass is 10.1. The second-order valence-corrected chi connectivity index (χ2v) is 6.81. The van der Waals surface area contributed by atoms with Gasteiger partial charge in [0.15, 0.2) is 0 Å². The third-order valence-corrected chi connectivity index (χ3v) is 4.54. The second kappa shape index (κ2) is 6.72. The zero-order valence-corrected chi connectivity index (χ0v) is 15.6. The highest BCUT2D eigenvalue weighted by molar-refractivity contribution is 5.92. The summed E-state index contributed by atoms with van der Waals surface area (Å²) < 4.78 is 3.80. The number of carbonyl (C=O) groups is 1. The fraction of sp³-hybridized carbons (Fsp3) is 0.190. The minimum Gasteiger partial charge on any atom is -0.345 e. The predicted molar refractivity (Wildman–Crippen MR) is 104 cm³/mol. The van der Waals surface area contributed by atoms with E-state index in [4.69, 9.17) is 4.98 Å². The molecule has 6 nitrogen and oxygen atoms in total. The van der Waals surface area contributed by atoms with Crippen molar-refractivity contribution in [3.8, 4) is 11.3 Å². The van der Waals surface area contributed by atoms with Gasteiger partial charge in [-0.1, -0.05) is 35.9 Å². The number of hydrogen-bond donors (Lipinski definition) is 1. The molecule has 1 aromatic carbocycles. The zero-order valence-electron chi connectivity index (χ0n) is 15.6. The topological polar surface area (TPSA) is 64.2 Å². The number of hydrogen-bond acceptors (Lipinski definition) is 3. The smallest absolute Gasteiger partial charge is 0.271 e. The van der Waals surface area contributed by atoms with E-state index in [9.17, 15) is 4.79 Å². The summed E-state index contributed by atoms with van der Waals surface area (Å²) in [5.74, 6) is -0.201. The largest absolute Gasteiger partial charge is 0.345 e. The van der Waals surface area contributed by atoms with Crippen molar-refractivity contribution in [3.05, 3.63) is 77.6 Å². The molecule has 0 aliphatic carbocycles. The summed E-state index contributed by atoms with van der Waals surface area (Å²) in [6.07, 6.45) is 5.36. The van der Waals surface area contributed by atoms with Crippen LogP contribution in [0.5, 0.6) is 0 Å². The fourth-order valence-electron chi connectivity index (χ4n) is 3.10. The first-order chi connectivity index (χ1) is 13.0. The summed E-state index contributed by atoms with van der Waals surface area (Å²) >= 11 is 0. The molecular formula is C21H21N5O. The van der Waals surface area contributed by atoms with E-state index in [2.05, 4.69) is 41.5 Å². The lowest BCUT2D eigenvalue weighted by Gasteiger charge is -2.08. The molecule has 136 valence electrons. The molecule has 1 amide bonds. The predicted octanol–water partition coefficient (Wildman–Crippen LogP) is 3.28. The van der Waals surface area contributed by atoms with Gasteiger partial charge in [0.1, 0.15) is 11.3 Å². The maximum Gasteiger partial charge on any atom is 0.271 e. The summed E-state index contributed by atoms with van der Waals surface area (Å²) in [6.45, 7) is 4.47. The highest BCUT2D eigenvalue weighted by atomic mass is 16.1. The second-order valence-electron chi connectivity index (χ2n) is 6.81. The third kappa shape index (κ3) is 3.33. The van der Waals surface area contributed by atoms with E-state index < -0.39 is 0 Å². The van der Waals surface area contributed by atoms with Crippen LogP contribution < -0.4 is 5.32 Å². The van der Waals surface area contributed by atoms with Gasteiger partial charge in [0.2, 0.25) is 0 Å². The van der Waals surface area contributed by atoms with Gasteiger partial charge in [0.25, 0.3) is 5.91 Å². The monoisotopic (exact) mass is 359 g/mol. The van der Waals surface area contributed by atoms with Crippen LogP contribution in [0.1, 0.15) is 27.3 Å². The molecule has 0 atom stereocenters. The Labute approximate surface area is 157 Å². The molecule has 27 heavy (non-hydrogen) atoms. The molecule has 0 fully saturated rings. The van der Waals surface area contributed by atoms with Gasteiger partial charge in [-0.05, 0) is 25.5 Å². The van der Waals surface area contributed by atoms with E-state index in [1.165, 1.54) is 5.56 Å². The maximum atomic E-state index is 12.4. The van der Waals surface area contributed by atoms with Gasteiger partial charge in [-0.2, -0.15) is 0 Å². The van der Waals surface area contributed by atoms with Crippen molar-refractivity contribution >= 4 is 11.6 Å². The highest BCUT2D eigenvalue weighted by Crippen LogP contribution is 2.25. The zero-order chi connectivity index (χ0) is 19.0. The molecular weight excluding hydrogens is 338 g/mol. The Balaban J connectivity index is 1.72. The summed E-state index contributed by atoms with van der Waals surface area (Å²) in [5.41, 5.74) is 6.45. The van der Waals surface area contributed by atoms with Gasteiger partial charge in [0, 0.05) is 25.0 Å². The Morgan fingerprint density at radius 3 is 2.48 bits per heavy atom. The Bertz CT molecular complexity index is 1120. The number of pyridine rings is 1. The van der Waals surface area contributed by atoms with E-state index in [0.29, 0.717) is 12.2 Å². The molecule has 6 heteroatoms. The molecule has 0 spiro atoms. The lowest BCUT2D eigenvalue weighted by Crippen LogP contribution is -2.24. The van der Waals surface area contributed by atoms with Gasteiger partial charge in [-0.25, -0.2) is 9.97 Å². The number of nitrogens with zero attached hydrogens (tertiary/aromatic N) is 4. The average Bonchev–Trinajstić information content (AvgIpc) is 3.24. The number of fused-ring (bicyclic) bond motifs is 1. The number of imidazole rings is 2. The van der Waals surface area contributed by atoms with E-state index in [1.807, 2.05) is 36.7 Å². The molecule has 0 aliphatic heterocycles. The van der Waals surface area contributed by atoms with Crippen LogP contribution in [0.4, 0.5) is 0 Å². The van der Waals surface area contributed by atoms with Crippen molar-refractivity contribution in [2.24, 2.45) is 7.05 Å². The molecule has 4 rings (SSSR count). The van der Waals surface area contributed by atoms with E-state index in [1.54, 1.807) is 17.1 Å². The van der Waals surface area contributed by atoms with Crippen LogP contribution in [-0.2, 0) is 13.6 Å². The van der Waals surface area contributed by atoms with Gasteiger partial charge in [-0.15, -0.1) is 0 Å². The van der Waals surface area contributed by atoms with Gasteiger partial charge < -0.3 is 14.3 Å². The maximum absolute atomic E-state index is 12.4. The first kappa shape index (κ1) is 17.0. The van der Waals surface area contributed by atoms with Crippen molar-refractivity contribution in [3.63, 3.8) is 0 Å². The number of aryl methyl sites for hydroxylation is 3. The Kier molecular flexibility index (Phi) is 4.24. The van der Waals surface area contributed by atoms with Crippen LogP contribution in [0.25, 0.3) is 16.9 Å². The molecule has 0 aliphatic rings. The number of benzene rings is 1. The minimum atomic E-state index is -0.201. The van der Waals surface area contributed by atoms with E-state index in [0.717, 1.165) is 28.2 Å². The lowest BCUT2D eigenvalue weighted by molar-refractivity contribution is 0.0946. The van der Waals surface area contributed by atoms with Gasteiger partial charge >= 0.3 is 0 Å². The Hall–Kier alpha value is -3.41.